The highest BCUT2D eigenvalue weighted by atomic mass is 16.6. The fourth-order valence-electron chi connectivity index (χ4n) is 3.98. The molecule has 1 aliphatic heterocycles. The highest BCUT2D eigenvalue weighted by molar-refractivity contribution is 5.94. The van der Waals surface area contributed by atoms with Crippen LogP contribution in [0.4, 0.5) is 5.69 Å². The summed E-state index contributed by atoms with van der Waals surface area (Å²) in [6.45, 7) is 5.66. The maximum Gasteiger partial charge on any atom is 0.269 e. The van der Waals surface area contributed by atoms with Gasteiger partial charge in [-0.25, -0.2) is 0 Å². The van der Waals surface area contributed by atoms with Gasteiger partial charge in [0.15, 0.2) is 0 Å². The third kappa shape index (κ3) is 3.43. The van der Waals surface area contributed by atoms with Gasteiger partial charge in [0.05, 0.1) is 10.8 Å². The van der Waals surface area contributed by atoms with Crippen molar-refractivity contribution in [2.24, 2.45) is 5.92 Å². The van der Waals surface area contributed by atoms with E-state index in [-0.39, 0.29) is 29.5 Å². The number of nitro benzene ring substituents is 1. The van der Waals surface area contributed by atoms with Crippen LogP contribution in [0.2, 0.25) is 0 Å². The Bertz CT molecular complexity index is 723. The molecule has 1 aliphatic carbocycles. The summed E-state index contributed by atoms with van der Waals surface area (Å²) >= 11 is 0. The molecule has 1 saturated carbocycles. The smallest absolute Gasteiger partial charge is 0.269 e. The number of nitrogens with zero attached hydrogens (tertiary/aromatic N) is 2. The molecule has 3 atom stereocenters. The van der Waals surface area contributed by atoms with Crippen LogP contribution in [0, 0.1) is 16.0 Å². The van der Waals surface area contributed by atoms with E-state index >= 15 is 0 Å². The lowest BCUT2D eigenvalue weighted by atomic mass is 9.74. The normalized spacial score (nSPS) is 23.7. The maximum absolute atomic E-state index is 13.0. The zero-order chi connectivity index (χ0) is 19.1. The number of hydrogen-bond acceptors (Lipinski definition) is 4. The third-order valence-corrected chi connectivity index (χ3v) is 5.10. The molecule has 0 radical (unpaired) electrons. The van der Waals surface area contributed by atoms with Crippen LogP contribution in [-0.2, 0) is 9.59 Å². The SMILES string of the molecule is CC(C)(C)NC(=O)C(c1ccc([N+](=O)[O-])cc1)N1C(=O)[C@@H]2CCCC[C@@H]21. The van der Waals surface area contributed by atoms with Gasteiger partial charge in [0.25, 0.3) is 5.69 Å². The van der Waals surface area contributed by atoms with Crippen molar-refractivity contribution in [2.45, 2.75) is 64.1 Å². The van der Waals surface area contributed by atoms with Crippen molar-refractivity contribution in [3.8, 4) is 0 Å². The Hall–Kier alpha value is -2.44. The minimum atomic E-state index is -0.748. The fourth-order valence-corrected chi connectivity index (χ4v) is 3.98. The summed E-state index contributed by atoms with van der Waals surface area (Å²) in [6, 6.07) is 5.26. The first-order valence-electron chi connectivity index (χ1n) is 9.07. The molecule has 1 heterocycles. The van der Waals surface area contributed by atoms with E-state index < -0.39 is 16.5 Å². The van der Waals surface area contributed by atoms with Gasteiger partial charge in [0, 0.05) is 23.7 Å². The van der Waals surface area contributed by atoms with Crippen molar-refractivity contribution in [2.75, 3.05) is 0 Å². The van der Waals surface area contributed by atoms with Crippen LogP contribution >= 0.6 is 0 Å². The van der Waals surface area contributed by atoms with Crippen LogP contribution in [-0.4, -0.2) is 33.2 Å². The number of likely N-dealkylation sites (tertiary alicyclic amines) is 1. The Morgan fingerprint density at radius 3 is 2.42 bits per heavy atom. The summed E-state index contributed by atoms with van der Waals surface area (Å²) in [6.07, 6.45) is 3.90. The number of amides is 2. The van der Waals surface area contributed by atoms with Gasteiger partial charge in [0.1, 0.15) is 6.04 Å². The van der Waals surface area contributed by atoms with Gasteiger partial charge in [-0.2, -0.15) is 0 Å². The molecule has 0 bridgehead atoms. The Morgan fingerprint density at radius 1 is 1.23 bits per heavy atom. The molecule has 1 saturated heterocycles. The van der Waals surface area contributed by atoms with Gasteiger partial charge in [0.2, 0.25) is 11.8 Å². The average Bonchev–Trinajstić information content (AvgIpc) is 2.57. The summed E-state index contributed by atoms with van der Waals surface area (Å²) in [4.78, 5) is 37.8. The number of carbonyl (C=O) groups is 2. The minimum absolute atomic E-state index is 0.0158. The zero-order valence-electron chi connectivity index (χ0n) is 15.4. The third-order valence-electron chi connectivity index (χ3n) is 5.10. The van der Waals surface area contributed by atoms with Crippen molar-refractivity contribution in [3.05, 3.63) is 39.9 Å². The van der Waals surface area contributed by atoms with Crippen molar-refractivity contribution in [1.82, 2.24) is 10.2 Å². The van der Waals surface area contributed by atoms with E-state index in [2.05, 4.69) is 5.32 Å². The van der Waals surface area contributed by atoms with E-state index in [9.17, 15) is 19.7 Å². The van der Waals surface area contributed by atoms with E-state index in [1.54, 1.807) is 17.0 Å². The van der Waals surface area contributed by atoms with Crippen LogP contribution in [0.3, 0.4) is 0 Å². The Morgan fingerprint density at radius 2 is 1.85 bits per heavy atom. The van der Waals surface area contributed by atoms with Gasteiger partial charge in [-0.15, -0.1) is 0 Å². The molecule has 140 valence electrons. The highest BCUT2D eigenvalue weighted by Gasteiger charge is 2.52. The summed E-state index contributed by atoms with van der Waals surface area (Å²) in [5.74, 6) is -0.211. The molecule has 2 aliphatic rings. The molecule has 1 N–H and O–H groups in total. The van der Waals surface area contributed by atoms with Gasteiger partial charge >= 0.3 is 0 Å². The second kappa shape index (κ2) is 6.70. The average molecular weight is 359 g/mol. The number of β-lactam (4-membered cyclic amide) rings is 1. The second-order valence-electron chi connectivity index (χ2n) is 8.19. The molecular formula is C19H25N3O4. The quantitative estimate of drug-likeness (QED) is 0.508. The van der Waals surface area contributed by atoms with Crippen LogP contribution in [0.25, 0.3) is 0 Å². The van der Waals surface area contributed by atoms with Crippen molar-refractivity contribution in [1.29, 1.82) is 0 Å². The molecule has 3 rings (SSSR count). The number of nitro groups is 1. The van der Waals surface area contributed by atoms with E-state index in [4.69, 9.17) is 0 Å². The molecule has 1 aromatic rings. The van der Waals surface area contributed by atoms with Crippen molar-refractivity contribution >= 4 is 17.5 Å². The standard InChI is InChI=1S/C19H25N3O4/c1-19(2,3)20-17(23)16(12-8-10-13(11-9-12)22(25)26)21-15-7-5-4-6-14(15)18(21)24/h8-11,14-16H,4-7H2,1-3H3,(H,20,23)/t14-,15+,16?/m1/s1. The van der Waals surface area contributed by atoms with Crippen molar-refractivity contribution < 1.29 is 14.5 Å². The molecule has 1 unspecified atom stereocenters. The van der Waals surface area contributed by atoms with Crippen LogP contribution < -0.4 is 5.32 Å². The first kappa shape index (κ1) is 18.4. The molecule has 2 fully saturated rings. The predicted molar refractivity (Wildman–Crippen MR) is 96.3 cm³/mol. The topological polar surface area (TPSA) is 92.5 Å². The molecule has 7 heteroatoms. The minimum Gasteiger partial charge on any atom is -0.349 e. The van der Waals surface area contributed by atoms with Gasteiger partial charge in [-0.1, -0.05) is 12.8 Å². The first-order valence-corrected chi connectivity index (χ1v) is 9.07. The summed E-state index contributed by atoms with van der Waals surface area (Å²) < 4.78 is 0. The molecule has 0 spiro atoms. The number of carbonyl (C=O) groups excluding carboxylic acids is 2. The molecule has 1 aromatic carbocycles. The number of rotatable bonds is 4. The number of hydrogen-bond donors (Lipinski definition) is 1. The summed E-state index contributed by atoms with van der Waals surface area (Å²) in [5, 5.41) is 13.9. The molecule has 2 amide bonds. The second-order valence-corrected chi connectivity index (χ2v) is 8.19. The fraction of sp³-hybridized carbons (Fsp3) is 0.579. The maximum atomic E-state index is 13.0. The van der Waals surface area contributed by atoms with E-state index in [0.717, 1.165) is 25.7 Å². The molecule has 0 aromatic heterocycles. The Kier molecular flexibility index (Phi) is 4.73. The summed E-state index contributed by atoms with van der Waals surface area (Å²) in [5.41, 5.74) is 0.139. The first-order chi connectivity index (χ1) is 12.2. The van der Waals surface area contributed by atoms with Gasteiger partial charge < -0.3 is 10.2 Å². The highest BCUT2D eigenvalue weighted by Crippen LogP contribution is 2.43. The monoisotopic (exact) mass is 359 g/mol. The number of benzene rings is 1. The Balaban J connectivity index is 1.93. The van der Waals surface area contributed by atoms with Crippen molar-refractivity contribution in [3.63, 3.8) is 0 Å². The Labute approximate surface area is 152 Å². The molecule has 7 nitrogen and oxygen atoms in total. The largest absolute Gasteiger partial charge is 0.349 e. The lowest BCUT2D eigenvalue weighted by Crippen LogP contribution is -2.65. The van der Waals surface area contributed by atoms with E-state index in [0.29, 0.717) is 5.56 Å². The van der Waals surface area contributed by atoms with Crippen LogP contribution in [0.15, 0.2) is 24.3 Å². The predicted octanol–water partition coefficient (Wildman–Crippen LogP) is 2.95. The number of fused-ring (bicyclic) bond motifs is 1. The lowest BCUT2D eigenvalue weighted by molar-refractivity contribution is -0.384. The summed E-state index contributed by atoms with van der Waals surface area (Å²) in [7, 11) is 0. The van der Waals surface area contributed by atoms with Crippen LogP contribution in [0.1, 0.15) is 58.1 Å². The molecular weight excluding hydrogens is 334 g/mol. The van der Waals surface area contributed by atoms with E-state index in [1.807, 2.05) is 20.8 Å². The van der Waals surface area contributed by atoms with Gasteiger partial charge in [-0.3, -0.25) is 19.7 Å². The lowest BCUT2D eigenvalue weighted by Gasteiger charge is -2.53. The number of non-ortho nitro benzene ring substituents is 1. The van der Waals surface area contributed by atoms with E-state index in [1.165, 1.54) is 12.1 Å². The van der Waals surface area contributed by atoms with Crippen LogP contribution in [0.5, 0.6) is 0 Å². The molecule has 26 heavy (non-hydrogen) atoms. The number of nitrogens with one attached hydrogen (secondary N) is 1. The zero-order valence-corrected chi connectivity index (χ0v) is 15.4. The van der Waals surface area contributed by atoms with Gasteiger partial charge in [-0.05, 0) is 51.3 Å².